The van der Waals surface area contributed by atoms with E-state index in [1.165, 1.54) is 0 Å². The molecule has 0 radical (unpaired) electrons. The van der Waals surface area contributed by atoms with E-state index in [-0.39, 0.29) is 17.9 Å². The Balaban J connectivity index is 4.51. The zero-order valence-electron chi connectivity index (χ0n) is 17.4. The number of allylic oxidation sites excluding steroid dienone is 3. The van der Waals surface area contributed by atoms with Crippen LogP contribution in [0.2, 0.25) is 0 Å². The quantitative estimate of drug-likeness (QED) is 0.212. The van der Waals surface area contributed by atoms with Crippen molar-refractivity contribution in [3.63, 3.8) is 0 Å². The predicted octanol–water partition coefficient (Wildman–Crippen LogP) is 4.87. The first-order valence-electron chi connectivity index (χ1n) is 9.12. The fourth-order valence-corrected chi connectivity index (χ4v) is 2.42. The van der Waals surface area contributed by atoms with Crippen LogP contribution in [0, 0.1) is 5.92 Å². The Hall–Kier alpha value is -0.650. The van der Waals surface area contributed by atoms with E-state index in [1.54, 1.807) is 14.2 Å². The summed E-state index contributed by atoms with van der Waals surface area (Å²) < 4.78 is 16.6. The number of hydrogen-bond donors (Lipinski definition) is 1. The minimum absolute atomic E-state index is 0.125. The highest BCUT2D eigenvalue weighted by Gasteiger charge is 2.16. The second kappa shape index (κ2) is 13.5. The molecule has 0 aromatic rings. The summed E-state index contributed by atoms with van der Waals surface area (Å²) in [6, 6.07) is 0. The van der Waals surface area contributed by atoms with Gasteiger partial charge < -0.3 is 19.3 Å². The van der Waals surface area contributed by atoms with Crippen LogP contribution in [0.1, 0.15) is 47.5 Å². The molecule has 0 saturated heterocycles. The van der Waals surface area contributed by atoms with Crippen LogP contribution in [0.5, 0.6) is 0 Å². The van der Waals surface area contributed by atoms with E-state index < -0.39 is 11.9 Å². The lowest BCUT2D eigenvalue weighted by atomic mass is 9.97. The lowest BCUT2D eigenvalue weighted by Crippen LogP contribution is -2.27. The molecule has 5 heteroatoms. The number of ether oxygens (including phenoxy) is 3. The van der Waals surface area contributed by atoms with Crippen LogP contribution in [0.3, 0.4) is 0 Å². The Kier molecular flexibility index (Phi) is 13.2. The molecular weight excluding hydrogens is 352 g/mol. The van der Waals surface area contributed by atoms with E-state index in [1.807, 2.05) is 33.8 Å². The molecule has 0 spiro atoms. The lowest BCUT2D eigenvalue weighted by Gasteiger charge is -2.23. The van der Waals surface area contributed by atoms with Crippen LogP contribution >= 0.6 is 11.6 Å². The number of rotatable bonds is 13. The van der Waals surface area contributed by atoms with E-state index in [2.05, 4.69) is 25.2 Å². The molecule has 0 fully saturated rings. The molecule has 0 aliphatic heterocycles. The number of methoxy groups -OCH3 is 2. The fraction of sp³-hybridized carbons (Fsp3) is 0.714. The highest BCUT2D eigenvalue weighted by Crippen LogP contribution is 2.18. The molecule has 0 rings (SSSR count). The average Bonchev–Trinajstić information content (AvgIpc) is 2.60. The number of aliphatic hydroxyl groups excluding tert-OH is 1. The summed E-state index contributed by atoms with van der Waals surface area (Å²) in [5.41, 5.74) is 2.26. The van der Waals surface area contributed by atoms with Crippen LogP contribution in [0.25, 0.3) is 0 Å². The summed E-state index contributed by atoms with van der Waals surface area (Å²) in [4.78, 5) is 0. The Morgan fingerprint density at radius 3 is 2.38 bits per heavy atom. The number of hydrogen-bond acceptors (Lipinski definition) is 4. The minimum Gasteiger partial charge on any atom is -0.388 e. The predicted molar refractivity (Wildman–Crippen MR) is 110 cm³/mol. The number of alkyl halides is 1. The summed E-state index contributed by atoms with van der Waals surface area (Å²) in [6.45, 7) is 10.5. The summed E-state index contributed by atoms with van der Waals surface area (Å²) in [6.07, 6.45) is 9.38. The molecule has 0 aromatic heterocycles. The molecule has 4 nitrogen and oxygen atoms in total. The molecule has 1 N–H and O–H groups in total. The third-order valence-corrected chi connectivity index (χ3v) is 4.60. The standard InChI is InChI=1S/C21H37ClO4/c1-16(13-19(23)14-22)11-12-20(24-6)18(3)10-8-9-17(2)15-26-21(4,5)25-7/h8-10,13,18-20,23H,11-12,14-15H2,1-7H3/b10-8+,16-13-,17-9+/t18-,19?,20-/m0/s1. The Morgan fingerprint density at radius 1 is 1.19 bits per heavy atom. The van der Waals surface area contributed by atoms with Crippen molar-refractivity contribution in [2.45, 2.75) is 65.5 Å². The number of aliphatic hydroxyl groups is 1. The van der Waals surface area contributed by atoms with Crippen molar-refractivity contribution < 1.29 is 19.3 Å². The second-order valence-electron chi connectivity index (χ2n) is 7.20. The minimum atomic E-state index is -0.576. The van der Waals surface area contributed by atoms with Gasteiger partial charge in [-0.1, -0.05) is 36.8 Å². The van der Waals surface area contributed by atoms with Gasteiger partial charge in [0.15, 0.2) is 5.79 Å². The van der Waals surface area contributed by atoms with Crippen LogP contribution in [-0.2, 0) is 14.2 Å². The summed E-state index contributed by atoms with van der Waals surface area (Å²) >= 11 is 5.63. The van der Waals surface area contributed by atoms with Gasteiger partial charge in [-0.3, -0.25) is 0 Å². The molecule has 0 aliphatic rings. The molecule has 0 bridgehead atoms. The topological polar surface area (TPSA) is 47.9 Å². The van der Waals surface area contributed by atoms with Crippen molar-refractivity contribution in [3.8, 4) is 0 Å². The Bertz CT molecular complexity index is 469. The maximum absolute atomic E-state index is 9.56. The molecule has 26 heavy (non-hydrogen) atoms. The zero-order valence-corrected chi connectivity index (χ0v) is 18.2. The Morgan fingerprint density at radius 2 is 1.85 bits per heavy atom. The van der Waals surface area contributed by atoms with Gasteiger partial charge in [0, 0.05) is 20.1 Å². The lowest BCUT2D eigenvalue weighted by molar-refractivity contribution is -0.191. The smallest absolute Gasteiger partial charge is 0.162 e. The second-order valence-corrected chi connectivity index (χ2v) is 7.51. The third kappa shape index (κ3) is 11.9. The average molecular weight is 389 g/mol. The van der Waals surface area contributed by atoms with E-state index in [9.17, 15) is 5.11 Å². The molecule has 152 valence electrons. The first-order valence-corrected chi connectivity index (χ1v) is 9.65. The molecular formula is C21H37ClO4. The zero-order chi connectivity index (χ0) is 20.2. The molecule has 0 amide bonds. The van der Waals surface area contributed by atoms with Gasteiger partial charge in [-0.2, -0.15) is 0 Å². The van der Waals surface area contributed by atoms with Crippen LogP contribution in [-0.4, -0.2) is 49.8 Å². The van der Waals surface area contributed by atoms with Gasteiger partial charge in [-0.05, 0) is 46.1 Å². The molecule has 3 atom stereocenters. The van der Waals surface area contributed by atoms with Crippen LogP contribution < -0.4 is 0 Å². The van der Waals surface area contributed by atoms with Gasteiger partial charge >= 0.3 is 0 Å². The van der Waals surface area contributed by atoms with Gasteiger partial charge in [0.25, 0.3) is 0 Å². The highest BCUT2D eigenvalue weighted by molar-refractivity contribution is 6.18. The monoisotopic (exact) mass is 388 g/mol. The number of halogens is 1. The van der Waals surface area contributed by atoms with Gasteiger partial charge in [-0.15, -0.1) is 11.6 Å². The molecule has 1 unspecified atom stereocenters. The van der Waals surface area contributed by atoms with Crippen molar-refractivity contribution in [2.24, 2.45) is 5.92 Å². The van der Waals surface area contributed by atoms with Gasteiger partial charge in [0.2, 0.25) is 0 Å². The molecule has 0 saturated carbocycles. The van der Waals surface area contributed by atoms with Gasteiger partial charge in [0.1, 0.15) is 0 Å². The van der Waals surface area contributed by atoms with Crippen molar-refractivity contribution >= 4 is 11.6 Å². The summed E-state index contributed by atoms with van der Waals surface area (Å²) in [7, 11) is 3.38. The van der Waals surface area contributed by atoms with Crippen molar-refractivity contribution in [1.82, 2.24) is 0 Å². The third-order valence-electron chi connectivity index (χ3n) is 4.28. The maximum atomic E-state index is 9.56. The van der Waals surface area contributed by atoms with E-state index >= 15 is 0 Å². The first kappa shape index (κ1) is 25.4. The van der Waals surface area contributed by atoms with Gasteiger partial charge in [0.05, 0.1) is 24.7 Å². The summed E-state index contributed by atoms with van der Waals surface area (Å²) in [5.74, 6) is -0.0669. The highest BCUT2D eigenvalue weighted by atomic mass is 35.5. The van der Waals surface area contributed by atoms with Crippen molar-refractivity contribution in [3.05, 3.63) is 35.5 Å². The van der Waals surface area contributed by atoms with Crippen LogP contribution in [0.15, 0.2) is 35.5 Å². The molecule has 0 aromatic carbocycles. The SMILES string of the molecule is CO[C@@H](CC/C(C)=C\C(O)CCl)[C@@H](C)/C=C/C=C(\C)COC(C)(C)OC. The van der Waals surface area contributed by atoms with E-state index in [0.717, 1.165) is 24.0 Å². The Labute approximate surface area is 164 Å². The van der Waals surface area contributed by atoms with Crippen LogP contribution in [0.4, 0.5) is 0 Å². The molecule has 0 aliphatic carbocycles. The fourth-order valence-electron chi connectivity index (χ4n) is 2.34. The van der Waals surface area contributed by atoms with Gasteiger partial charge in [-0.25, -0.2) is 0 Å². The summed E-state index contributed by atoms with van der Waals surface area (Å²) in [5, 5.41) is 9.56. The first-order chi connectivity index (χ1) is 12.1. The van der Waals surface area contributed by atoms with Crippen molar-refractivity contribution in [1.29, 1.82) is 0 Å². The largest absolute Gasteiger partial charge is 0.388 e. The molecule has 0 heterocycles. The van der Waals surface area contributed by atoms with E-state index in [4.69, 9.17) is 25.8 Å². The van der Waals surface area contributed by atoms with Crippen molar-refractivity contribution in [2.75, 3.05) is 26.7 Å². The normalized spacial score (nSPS) is 17.6. The van der Waals surface area contributed by atoms with E-state index in [0.29, 0.717) is 6.61 Å². The maximum Gasteiger partial charge on any atom is 0.162 e.